The average molecular weight is 578 g/mol. The molecule has 1 N–H and O–H groups in total. The molecule has 0 bridgehead atoms. The number of esters is 1. The normalized spacial score (nSPS) is 40.3. The van der Waals surface area contributed by atoms with Gasteiger partial charge in [-0.05, 0) is 77.2 Å². The Hall–Kier alpha value is -2.33. The monoisotopic (exact) mass is 577 g/mol. The van der Waals surface area contributed by atoms with Crippen LogP contribution < -0.4 is 5.32 Å². The Balaban J connectivity index is 1.90. The summed E-state index contributed by atoms with van der Waals surface area (Å²) < 4.78 is 36.3. The second kappa shape index (κ2) is 10.2. The number of ketones is 2. The van der Waals surface area contributed by atoms with E-state index in [9.17, 15) is 19.2 Å². The number of carbonyl (C=O) groups excluding carboxylic acids is 4. The van der Waals surface area contributed by atoms with Gasteiger partial charge >= 0.3 is 12.1 Å². The van der Waals surface area contributed by atoms with Crippen LogP contribution in [0.1, 0.15) is 60.3 Å². The fourth-order valence-corrected chi connectivity index (χ4v) is 9.63. The molecule has 222 valence electrons. The van der Waals surface area contributed by atoms with E-state index >= 15 is 4.39 Å². The highest BCUT2D eigenvalue weighted by molar-refractivity contribution is 6.69. The molecule has 1 amide bonds. The Morgan fingerprint density at radius 1 is 1.18 bits per heavy atom. The highest BCUT2D eigenvalue weighted by Gasteiger charge is 2.77. The van der Waals surface area contributed by atoms with Gasteiger partial charge in [-0.25, -0.2) is 9.18 Å². The smallest absolute Gasteiger partial charge is 0.408 e. The molecule has 8 atom stereocenters. The number of carbonyl (C=O) groups is 4. The third-order valence-electron chi connectivity index (χ3n) is 10.0. The number of Topliss-reactive ketones (excluding diaryl/α,β-unsaturated/α-hetero) is 1. The minimum Gasteiger partial charge on any atom is -0.458 e. The number of allylic oxidation sites excluding steroid dienone is 4. The van der Waals surface area contributed by atoms with Crippen LogP contribution in [-0.2, 0) is 28.3 Å². The van der Waals surface area contributed by atoms with Crippen LogP contribution in [0, 0.1) is 28.6 Å². The van der Waals surface area contributed by atoms with Crippen LogP contribution >= 0.6 is 0 Å². The maximum atomic E-state index is 18.3. The predicted octanol–water partition coefficient (Wildman–Crippen LogP) is 5.08. The van der Waals surface area contributed by atoms with E-state index in [1.807, 2.05) is 40.4 Å². The number of nitrogens with one attached hydrogen (secondary N) is 1. The van der Waals surface area contributed by atoms with Crippen molar-refractivity contribution in [1.29, 1.82) is 0 Å². The zero-order valence-electron chi connectivity index (χ0n) is 25.0. The van der Waals surface area contributed by atoms with Crippen LogP contribution in [0.3, 0.4) is 0 Å². The maximum absolute atomic E-state index is 18.3. The molecule has 40 heavy (non-hydrogen) atoms. The van der Waals surface area contributed by atoms with Crippen LogP contribution in [0.4, 0.5) is 9.18 Å². The molecule has 0 spiro atoms. The summed E-state index contributed by atoms with van der Waals surface area (Å²) in [4.78, 5) is 51.0. The Morgan fingerprint density at radius 2 is 1.85 bits per heavy atom. The molecular formula is C30H44FNO7Si. The van der Waals surface area contributed by atoms with Crippen molar-refractivity contribution in [2.45, 2.75) is 97.3 Å². The SMILES string of the molecule is CCNC(=O)O[C@@]1(C(=O)COC(C)=O)[C@@H](C)CC2C3CCC4=CC(=O)C=C[C@]4(C)C3(F)[C@@H](O[Si](C)(C)C)C[C@@]21C. The van der Waals surface area contributed by atoms with Gasteiger partial charge in [0.05, 0.1) is 6.10 Å². The van der Waals surface area contributed by atoms with Gasteiger partial charge in [0.1, 0.15) is 0 Å². The van der Waals surface area contributed by atoms with Crippen molar-refractivity contribution in [1.82, 2.24) is 5.32 Å². The summed E-state index contributed by atoms with van der Waals surface area (Å²) in [6.45, 7) is 14.4. The molecular weight excluding hydrogens is 533 g/mol. The van der Waals surface area contributed by atoms with E-state index in [-0.39, 0.29) is 18.1 Å². The van der Waals surface area contributed by atoms with E-state index in [1.165, 1.54) is 13.0 Å². The molecule has 0 aliphatic heterocycles. The lowest BCUT2D eigenvalue weighted by Crippen LogP contribution is -2.71. The first-order valence-electron chi connectivity index (χ1n) is 14.4. The lowest BCUT2D eigenvalue weighted by molar-refractivity contribution is -0.215. The molecule has 4 aliphatic rings. The third-order valence-corrected chi connectivity index (χ3v) is 11.0. The number of fused-ring (bicyclic) bond motifs is 5. The van der Waals surface area contributed by atoms with Crippen molar-refractivity contribution in [3.63, 3.8) is 0 Å². The molecule has 3 unspecified atom stereocenters. The first-order chi connectivity index (χ1) is 18.5. The number of halogens is 1. The van der Waals surface area contributed by atoms with Gasteiger partial charge in [0.2, 0.25) is 5.78 Å². The zero-order valence-corrected chi connectivity index (χ0v) is 26.0. The van der Waals surface area contributed by atoms with Crippen molar-refractivity contribution in [3.05, 3.63) is 23.8 Å². The number of ether oxygens (including phenoxy) is 2. The summed E-state index contributed by atoms with van der Waals surface area (Å²) in [6.07, 6.45) is 4.70. The van der Waals surface area contributed by atoms with Crippen LogP contribution in [0.5, 0.6) is 0 Å². The summed E-state index contributed by atoms with van der Waals surface area (Å²) in [6, 6.07) is 0. The van der Waals surface area contributed by atoms with Crippen molar-refractivity contribution >= 4 is 31.9 Å². The molecule has 10 heteroatoms. The number of amides is 1. The second-order valence-electron chi connectivity index (χ2n) is 13.5. The molecule has 0 aromatic carbocycles. The van der Waals surface area contributed by atoms with E-state index in [0.717, 1.165) is 5.57 Å². The number of alkyl halides is 1. The van der Waals surface area contributed by atoms with Gasteiger partial charge in [0, 0.05) is 36.1 Å². The van der Waals surface area contributed by atoms with Crippen molar-refractivity contribution in [3.8, 4) is 0 Å². The lowest BCUT2D eigenvalue weighted by atomic mass is 9.44. The molecule has 0 aromatic heterocycles. The van der Waals surface area contributed by atoms with Crippen LogP contribution in [0.25, 0.3) is 0 Å². The molecule has 0 aromatic rings. The number of alkyl carbamates (subject to hydrolysis) is 1. The van der Waals surface area contributed by atoms with Crippen LogP contribution in [-0.4, -0.2) is 62.5 Å². The molecule has 4 rings (SSSR count). The van der Waals surface area contributed by atoms with E-state index in [0.29, 0.717) is 25.8 Å². The quantitative estimate of drug-likeness (QED) is 0.332. The summed E-state index contributed by atoms with van der Waals surface area (Å²) in [7, 11) is -2.34. The summed E-state index contributed by atoms with van der Waals surface area (Å²) in [5, 5.41) is 2.64. The van der Waals surface area contributed by atoms with Crippen LogP contribution in [0.2, 0.25) is 19.6 Å². The molecule has 0 radical (unpaired) electrons. The lowest BCUT2D eigenvalue weighted by Gasteiger charge is -2.64. The first-order valence-corrected chi connectivity index (χ1v) is 17.8. The molecule has 0 saturated heterocycles. The van der Waals surface area contributed by atoms with E-state index < -0.39 is 72.8 Å². The Labute approximate surface area is 237 Å². The highest BCUT2D eigenvalue weighted by Crippen LogP contribution is 2.72. The van der Waals surface area contributed by atoms with E-state index in [4.69, 9.17) is 13.9 Å². The van der Waals surface area contributed by atoms with E-state index in [1.54, 1.807) is 19.1 Å². The highest BCUT2D eigenvalue weighted by atomic mass is 28.4. The standard InChI is InChI=1S/C30H44FNO7Si/c1-9-32-26(36)38-30(24(35)17-37-19(3)33)18(2)14-23-22-11-10-20-15-21(34)12-13-27(20,4)29(22,31)25(16-28(23,30)5)39-40(6,7)8/h12-13,15,18,22-23,25H,9-11,14,16-17H2,1-8H3,(H,32,36)/t18-,22?,23?,25-,27-,28-,29?,30+/m0/s1. The molecule has 0 heterocycles. The topological polar surface area (TPSA) is 108 Å². The molecule has 8 nitrogen and oxygen atoms in total. The predicted molar refractivity (Wildman–Crippen MR) is 150 cm³/mol. The summed E-state index contributed by atoms with van der Waals surface area (Å²) >= 11 is 0. The maximum Gasteiger partial charge on any atom is 0.408 e. The Kier molecular flexibility index (Phi) is 7.80. The first kappa shape index (κ1) is 30.6. The Morgan fingerprint density at radius 3 is 2.45 bits per heavy atom. The summed E-state index contributed by atoms with van der Waals surface area (Å²) in [5.74, 6) is -2.56. The van der Waals surface area contributed by atoms with Crippen molar-refractivity contribution < 1.29 is 37.5 Å². The number of hydrogen-bond donors (Lipinski definition) is 1. The molecule has 4 aliphatic carbocycles. The average Bonchev–Trinajstić information content (AvgIpc) is 3.05. The number of hydrogen-bond acceptors (Lipinski definition) is 7. The van der Waals surface area contributed by atoms with Crippen molar-refractivity contribution in [2.75, 3.05) is 13.2 Å². The minimum absolute atomic E-state index is 0.134. The fraction of sp³-hybridized carbons (Fsp3) is 0.733. The zero-order chi connectivity index (χ0) is 29.9. The van der Waals surface area contributed by atoms with Gasteiger partial charge in [0.25, 0.3) is 0 Å². The van der Waals surface area contributed by atoms with E-state index in [2.05, 4.69) is 5.32 Å². The minimum atomic E-state index is -2.34. The largest absolute Gasteiger partial charge is 0.458 e. The third kappa shape index (κ3) is 4.49. The fourth-order valence-electron chi connectivity index (χ4n) is 8.52. The van der Waals surface area contributed by atoms with Gasteiger partial charge in [-0.1, -0.05) is 25.5 Å². The van der Waals surface area contributed by atoms with Gasteiger partial charge in [0.15, 0.2) is 32.0 Å². The van der Waals surface area contributed by atoms with Gasteiger partial charge < -0.3 is 19.2 Å². The van der Waals surface area contributed by atoms with Gasteiger partial charge in [-0.2, -0.15) is 0 Å². The number of rotatable bonds is 7. The van der Waals surface area contributed by atoms with Gasteiger partial charge in [-0.15, -0.1) is 0 Å². The summed E-state index contributed by atoms with van der Waals surface area (Å²) in [5.41, 5.74) is -4.77. The second-order valence-corrected chi connectivity index (χ2v) is 17.9. The Bertz CT molecular complexity index is 1160. The van der Waals surface area contributed by atoms with Crippen LogP contribution in [0.15, 0.2) is 23.8 Å². The van der Waals surface area contributed by atoms with Gasteiger partial charge in [-0.3, -0.25) is 14.4 Å². The molecule has 3 fully saturated rings. The van der Waals surface area contributed by atoms with Crippen molar-refractivity contribution in [2.24, 2.45) is 28.6 Å². The molecule has 3 saturated carbocycles.